The number of amides is 1. The number of para-hydroxylation sites is 1. The van der Waals surface area contributed by atoms with Crippen molar-refractivity contribution in [3.8, 4) is 0 Å². The smallest absolute Gasteiger partial charge is 0.271 e. The molecule has 2 aromatic heterocycles. The number of hydrogen-bond donors (Lipinski definition) is 1. The Labute approximate surface area is 122 Å². The summed E-state index contributed by atoms with van der Waals surface area (Å²) in [5.74, 6) is -0.180. The molecule has 3 rings (SSSR count). The van der Waals surface area contributed by atoms with Gasteiger partial charge in [-0.15, -0.1) is 0 Å². The van der Waals surface area contributed by atoms with Crippen LogP contribution in [-0.2, 0) is 6.54 Å². The average molecular weight is 280 g/mol. The largest absolute Gasteiger partial charge is 0.351 e. The normalized spacial score (nSPS) is 10.7. The molecule has 0 aliphatic rings. The van der Waals surface area contributed by atoms with Crippen LogP contribution in [0.5, 0.6) is 0 Å². The van der Waals surface area contributed by atoms with Gasteiger partial charge in [0.2, 0.25) is 0 Å². The number of nitrogens with one attached hydrogen (secondary N) is 1. The molecule has 1 aromatic carbocycles. The molecule has 0 atom stereocenters. The zero-order chi connectivity index (χ0) is 14.5. The topological polar surface area (TPSA) is 59.8 Å². The van der Waals surface area contributed by atoms with E-state index in [0.717, 1.165) is 13.0 Å². The molecule has 1 amide bonds. The minimum atomic E-state index is -0.180. The second-order valence-corrected chi connectivity index (χ2v) is 4.77. The molecule has 0 saturated carbocycles. The summed E-state index contributed by atoms with van der Waals surface area (Å²) in [5.41, 5.74) is 1.57. The molecule has 0 fully saturated rings. The molecule has 0 unspecified atom stereocenters. The Morgan fingerprint density at radius 3 is 2.95 bits per heavy atom. The van der Waals surface area contributed by atoms with Crippen LogP contribution in [0.15, 0.2) is 55.1 Å². The Bertz CT molecular complexity index is 736. The van der Waals surface area contributed by atoms with Crippen molar-refractivity contribution in [1.82, 2.24) is 19.9 Å². The van der Waals surface area contributed by atoms with Crippen LogP contribution in [-0.4, -0.2) is 27.0 Å². The maximum Gasteiger partial charge on any atom is 0.271 e. The Morgan fingerprint density at radius 2 is 2.10 bits per heavy atom. The van der Waals surface area contributed by atoms with Crippen molar-refractivity contribution in [3.05, 3.63) is 60.8 Å². The molecule has 2 heterocycles. The lowest BCUT2D eigenvalue weighted by Crippen LogP contribution is -2.26. The van der Waals surface area contributed by atoms with E-state index >= 15 is 0 Å². The highest BCUT2D eigenvalue weighted by atomic mass is 16.1. The molecule has 5 nitrogen and oxygen atoms in total. The average Bonchev–Trinajstić information content (AvgIpc) is 2.95. The van der Waals surface area contributed by atoms with Crippen molar-refractivity contribution in [3.63, 3.8) is 0 Å². The van der Waals surface area contributed by atoms with Crippen LogP contribution in [0.2, 0.25) is 0 Å². The number of nitrogens with zero attached hydrogens (tertiary/aromatic N) is 3. The molecule has 0 aliphatic heterocycles. The maximum absolute atomic E-state index is 11.8. The number of hydrogen-bond acceptors (Lipinski definition) is 3. The second kappa shape index (κ2) is 6.17. The monoisotopic (exact) mass is 280 g/mol. The summed E-state index contributed by atoms with van der Waals surface area (Å²) >= 11 is 0. The third-order valence-corrected chi connectivity index (χ3v) is 3.34. The molecule has 0 spiro atoms. The van der Waals surface area contributed by atoms with Gasteiger partial charge >= 0.3 is 0 Å². The Hall–Kier alpha value is -2.69. The zero-order valence-corrected chi connectivity index (χ0v) is 11.6. The molecule has 106 valence electrons. The highest BCUT2D eigenvalue weighted by Gasteiger charge is 2.05. The summed E-state index contributed by atoms with van der Waals surface area (Å²) in [4.78, 5) is 19.6. The van der Waals surface area contributed by atoms with Crippen molar-refractivity contribution in [2.45, 2.75) is 13.0 Å². The number of benzene rings is 1. The van der Waals surface area contributed by atoms with Gasteiger partial charge in [-0.25, -0.2) is 4.98 Å². The summed E-state index contributed by atoms with van der Waals surface area (Å²) in [6.45, 7) is 1.48. The summed E-state index contributed by atoms with van der Waals surface area (Å²) in [6, 6.07) is 10.4. The molecular weight excluding hydrogens is 264 g/mol. The van der Waals surface area contributed by atoms with Crippen LogP contribution in [0.4, 0.5) is 0 Å². The van der Waals surface area contributed by atoms with Crippen LogP contribution >= 0.6 is 0 Å². The lowest BCUT2D eigenvalue weighted by atomic mass is 10.2. The Kier molecular flexibility index (Phi) is 3.91. The van der Waals surface area contributed by atoms with Gasteiger partial charge in [0, 0.05) is 37.2 Å². The minimum Gasteiger partial charge on any atom is -0.351 e. The predicted octanol–water partition coefficient (Wildman–Crippen LogP) is 2.25. The fourth-order valence-electron chi connectivity index (χ4n) is 2.29. The van der Waals surface area contributed by atoms with Gasteiger partial charge in [-0.05, 0) is 23.9 Å². The lowest BCUT2D eigenvalue weighted by molar-refractivity contribution is 0.0947. The first kappa shape index (κ1) is 13.3. The van der Waals surface area contributed by atoms with Crippen LogP contribution in [0.25, 0.3) is 10.9 Å². The van der Waals surface area contributed by atoms with Crippen molar-refractivity contribution in [2.75, 3.05) is 6.54 Å². The molecule has 0 saturated heterocycles. The first-order valence-corrected chi connectivity index (χ1v) is 6.93. The maximum atomic E-state index is 11.8. The van der Waals surface area contributed by atoms with Crippen LogP contribution in [0, 0.1) is 0 Å². The minimum absolute atomic E-state index is 0.180. The standard InChI is InChI=1S/C16H16N4O/c21-16(14-12-17-8-9-18-14)19-7-3-10-20-11-6-13-4-1-2-5-15(13)20/h1-2,4-6,8-9,11-12H,3,7,10H2,(H,19,21). The van der Waals surface area contributed by atoms with E-state index in [2.05, 4.69) is 44.2 Å². The van der Waals surface area contributed by atoms with Gasteiger partial charge in [0.25, 0.3) is 5.91 Å². The van der Waals surface area contributed by atoms with Gasteiger partial charge in [0.1, 0.15) is 5.69 Å². The van der Waals surface area contributed by atoms with Crippen molar-refractivity contribution in [2.24, 2.45) is 0 Å². The van der Waals surface area contributed by atoms with Crippen LogP contribution < -0.4 is 5.32 Å². The molecule has 21 heavy (non-hydrogen) atoms. The first-order chi connectivity index (χ1) is 10.3. The van der Waals surface area contributed by atoms with E-state index in [1.807, 2.05) is 12.1 Å². The second-order valence-electron chi connectivity index (χ2n) is 4.77. The van der Waals surface area contributed by atoms with E-state index in [4.69, 9.17) is 0 Å². The fourth-order valence-corrected chi connectivity index (χ4v) is 2.29. The summed E-state index contributed by atoms with van der Waals surface area (Å²) < 4.78 is 2.20. The highest BCUT2D eigenvalue weighted by Crippen LogP contribution is 2.15. The molecule has 0 radical (unpaired) electrons. The van der Waals surface area contributed by atoms with Crippen LogP contribution in [0.1, 0.15) is 16.9 Å². The van der Waals surface area contributed by atoms with E-state index in [1.165, 1.54) is 23.3 Å². The van der Waals surface area contributed by atoms with Gasteiger partial charge in [-0.1, -0.05) is 18.2 Å². The van der Waals surface area contributed by atoms with Gasteiger partial charge in [-0.3, -0.25) is 9.78 Å². The summed E-state index contributed by atoms with van der Waals surface area (Å²) in [7, 11) is 0. The number of rotatable bonds is 5. The summed E-state index contributed by atoms with van der Waals surface area (Å²) in [6.07, 6.45) is 7.48. The quantitative estimate of drug-likeness (QED) is 0.729. The zero-order valence-electron chi connectivity index (χ0n) is 11.6. The van der Waals surface area contributed by atoms with E-state index in [-0.39, 0.29) is 5.91 Å². The van der Waals surface area contributed by atoms with E-state index in [1.54, 1.807) is 6.20 Å². The number of aryl methyl sites for hydroxylation is 1. The van der Waals surface area contributed by atoms with Gasteiger partial charge in [0.05, 0.1) is 6.20 Å². The molecule has 0 aliphatic carbocycles. The van der Waals surface area contributed by atoms with Crippen molar-refractivity contribution in [1.29, 1.82) is 0 Å². The number of carbonyl (C=O) groups is 1. The van der Waals surface area contributed by atoms with Crippen molar-refractivity contribution >= 4 is 16.8 Å². The van der Waals surface area contributed by atoms with Gasteiger partial charge < -0.3 is 9.88 Å². The molecular formula is C16H16N4O. The number of carbonyl (C=O) groups excluding carboxylic acids is 1. The highest BCUT2D eigenvalue weighted by molar-refractivity contribution is 5.91. The molecule has 3 aromatic rings. The predicted molar refractivity (Wildman–Crippen MR) is 80.9 cm³/mol. The first-order valence-electron chi connectivity index (χ1n) is 6.93. The SMILES string of the molecule is O=C(NCCCn1ccc2ccccc21)c1cnccn1. The van der Waals surface area contributed by atoms with Gasteiger partial charge in [0.15, 0.2) is 0 Å². The summed E-state index contributed by atoms with van der Waals surface area (Å²) in [5, 5.41) is 4.09. The third kappa shape index (κ3) is 3.08. The van der Waals surface area contributed by atoms with Gasteiger partial charge in [-0.2, -0.15) is 0 Å². The fraction of sp³-hybridized carbons (Fsp3) is 0.188. The van der Waals surface area contributed by atoms with E-state index in [0.29, 0.717) is 12.2 Å². The van der Waals surface area contributed by atoms with Crippen molar-refractivity contribution < 1.29 is 4.79 Å². The molecule has 5 heteroatoms. The lowest BCUT2D eigenvalue weighted by Gasteiger charge is -2.07. The van der Waals surface area contributed by atoms with E-state index in [9.17, 15) is 4.79 Å². The Morgan fingerprint density at radius 1 is 1.19 bits per heavy atom. The van der Waals surface area contributed by atoms with Crippen LogP contribution in [0.3, 0.4) is 0 Å². The molecule has 0 bridgehead atoms. The number of aromatic nitrogens is 3. The third-order valence-electron chi connectivity index (χ3n) is 3.34. The van der Waals surface area contributed by atoms with E-state index < -0.39 is 0 Å². The Balaban J connectivity index is 1.52. The molecule has 1 N–H and O–H groups in total. The number of fused-ring (bicyclic) bond motifs is 1.